The molecule has 1 fully saturated rings. The Morgan fingerprint density at radius 2 is 2.26 bits per heavy atom. The molecule has 0 spiro atoms. The molecule has 1 saturated carbocycles. The summed E-state index contributed by atoms with van der Waals surface area (Å²) in [6, 6.07) is 6.04. The van der Waals surface area contributed by atoms with Gasteiger partial charge in [-0.25, -0.2) is 4.98 Å². The van der Waals surface area contributed by atoms with Crippen molar-refractivity contribution in [3.63, 3.8) is 0 Å². The maximum atomic E-state index is 13.0. The maximum absolute atomic E-state index is 13.0. The zero-order valence-corrected chi connectivity index (χ0v) is 14.3. The van der Waals surface area contributed by atoms with Crippen LogP contribution in [0.15, 0.2) is 45.0 Å². The molecule has 1 aliphatic rings. The van der Waals surface area contributed by atoms with Gasteiger partial charge in [-0.05, 0) is 43.3 Å². The van der Waals surface area contributed by atoms with Crippen molar-refractivity contribution >= 4 is 28.6 Å². The normalized spacial score (nSPS) is 15.5. The standard InChI is InChI=1S/C17H16N2O2S2/c1-11(15-3-2-7-21-15)19(13-4-5-13)17(20)14-10-23-16(18-14)12-6-8-22-9-12/h2-3,6-11,13H,4-5H2,1H3/t11-/m0/s1. The highest BCUT2D eigenvalue weighted by Gasteiger charge is 2.38. The van der Waals surface area contributed by atoms with Gasteiger partial charge in [-0.2, -0.15) is 11.3 Å². The van der Waals surface area contributed by atoms with E-state index in [1.165, 1.54) is 11.3 Å². The van der Waals surface area contributed by atoms with Crippen molar-refractivity contribution in [1.29, 1.82) is 0 Å². The van der Waals surface area contributed by atoms with Crippen LogP contribution in [-0.2, 0) is 0 Å². The molecule has 1 amide bonds. The predicted octanol–water partition coefficient (Wildman–Crippen LogP) is 4.83. The topological polar surface area (TPSA) is 46.3 Å². The molecule has 1 aliphatic carbocycles. The highest BCUT2D eigenvalue weighted by Crippen LogP contribution is 2.36. The number of hydrogen-bond donors (Lipinski definition) is 0. The Morgan fingerprint density at radius 1 is 1.39 bits per heavy atom. The largest absolute Gasteiger partial charge is 0.467 e. The van der Waals surface area contributed by atoms with Crippen molar-refractivity contribution in [2.24, 2.45) is 0 Å². The van der Waals surface area contributed by atoms with Crippen LogP contribution in [0.25, 0.3) is 10.6 Å². The van der Waals surface area contributed by atoms with E-state index in [0.29, 0.717) is 11.7 Å². The summed E-state index contributed by atoms with van der Waals surface area (Å²) in [6.45, 7) is 2.02. The van der Waals surface area contributed by atoms with Crippen LogP contribution >= 0.6 is 22.7 Å². The van der Waals surface area contributed by atoms with Gasteiger partial charge in [0.2, 0.25) is 0 Å². The molecule has 3 aromatic rings. The predicted molar refractivity (Wildman–Crippen MR) is 91.7 cm³/mol. The van der Waals surface area contributed by atoms with Crippen LogP contribution in [-0.4, -0.2) is 21.8 Å². The Bertz CT molecular complexity index is 789. The Balaban J connectivity index is 1.61. The Labute approximate surface area is 142 Å². The summed E-state index contributed by atoms with van der Waals surface area (Å²) in [5.41, 5.74) is 1.61. The van der Waals surface area contributed by atoms with Crippen molar-refractivity contribution < 1.29 is 9.21 Å². The second-order valence-corrected chi connectivity index (χ2v) is 7.32. The third kappa shape index (κ3) is 2.84. The van der Waals surface area contributed by atoms with Gasteiger partial charge in [0.05, 0.1) is 12.3 Å². The minimum atomic E-state index is -0.0729. The molecule has 0 aliphatic heterocycles. The molecule has 0 aromatic carbocycles. The number of amides is 1. The van der Waals surface area contributed by atoms with E-state index in [2.05, 4.69) is 10.4 Å². The lowest BCUT2D eigenvalue weighted by Crippen LogP contribution is -2.35. The van der Waals surface area contributed by atoms with E-state index in [4.69, 9.17) is 4.42 Å². The molecule has 0 N–H and O–H groups in total. The lowest BCUT2D eigenvalue weighted by Gasteiger charge is -2.27. The molecule has 6 heteroatoms. The van der Waals surface area contributed by atoms with Crippen molar-refractivity contribution in [3.05, 3.63) is 52.1 Å². The molecular weight excluding hydrogens is 328 g/mol. The van der Waals surface area contributed by atoms with E-state index < -0.39 is 0 Å². The number of nitrogens with zero attached hydrogens (tertiary/aromatic N) is 2. The van der Waals surface area contributed by atoms with Crippen molar-refractivity contribution in [1.82, 2.24) is 9.88 Å². The highest BCUT2D eigenvalue weighted by molar-refractivity contribution is 7.14. The van der Waals surface area contributed by atoms with Gasteiger partial charge in [-0.1, -0.05) is 0 Å². The number of carbonyl (C=O) groups excluding carboxylic acids is 1. The van der Waals surface area contributed by atoms with E-state index in [1.807, 2.05) is 40.8 Å². The number of aromatic nitrogens is 1. The second-order valence-electron chi connectivity index (χ2n) is 5.68. The molecule has 0 unspecified atom stereocenters. The summed E-state index contributed by atoms with van der Waals surface area (Å²) in [7, 11) is 0. The number of thiazole rings is 1. The number of rotatable bonds is 5. The van der Waals surface area contributed by atoms with E-state index in [-0.39, 0.29) is 11.9 Å². The zero-order chi connectivity index (χ0) is 15.8. The minimum absolute atomic E-state index is 0.00544. The van der Waals surface area contributed by atoms with Crippen molar-refractivity contribution in [2.45, 2.75) is 31.8 Å². The average molecular weight is 344 g/mol. The van der Waals surface area contributed by atoms with Gasteiger partial charge in [-0.15, -0.1) is 11.3 Å². The Hall–Kier alpha value is -1.92. The molecule has 4 nitrogen and oxygen atoms in total. The number of hydrogen-bond acceptors (Lipinski definition) is 5. The fourth-order valence-corrected chi connectivity index (χ4v) is 4.21. The molecule has 118 valence electrons. The zero-order valence-electron chi connectivity index (χ0n) is 12.6. The summed E-state index contributed by atoms with van der Waals surface area (Å²) in [4.78, 5) is 19.4. The number of thiophene rings is 1. The van der Waals surface area contributed by atoms with Gasteiger partial charge < -0.3 is 9.32 Å². The van der Waals surface area contributed by atoms with Crippen LogP contribution in [0.5, 0.6) is 0 Å². The van der Waals surface area contributed by atoms with Crippen LogP contribution in [0.3, 0.4) is 0 Å². The van der Waals surface area contributed by atoms with E-state index in [1.54, 1.807) is 17.6 Å². The smallest absolute Gasteiger partial charge is 0.274 e. The fourth-order valence-electron chi connectivity index (χ4n) is 2.70. The molecule has 0 saturated heterocycles. The monoisotopic (exact) mass is 344 g/mol. The third-order valence-electron chi connectivity index (χ3n) is 4.04. The molecule has 23 heavy (non-hydrogen) atoms. The first-order valence-electron chi connectivity index (χ1n) is 7.58. The number of carbonyl (C=O) groups is 1. The summed E-state index contributed by atoms with van der Waals surface area (Å²) in [5, 5.41) is 6.83. The molecule has 3 heterocycles. The molecule has 0 radical (unpaired) electrons. The van der Waals surface area contributed by atoms with Gasteiger partial charge in [0.25, 0.3) is 5.91 Å². The van der Waals surface area contributed by atoms with Gasteiger partial charge in [0, 0.05) is 22.4 Å². The van der Waals surface area contributed by atoms with Crippen LogP contribution in [0.1, 0.15) is 42.1 Å². The first-order valence-corrected chi connectivity index (χ1v) is 9.40. The molecular formula is C17H16N2O2S2. The van der Waals surface area contributed by atoms with E-state index in [0.717, 1.165) is 29.2 Å². The Kier molecular flexibility index (Phi) is 3.79. The van der Waals surface area contributed by atoms with Gasteiger partial charge >= 0.3 is 0 Å². The second kappa shape index (κ2) is 5.94. The summed E-state index contributed by atoms with van der Waals surface area (Å²) < 4.78 is 5.49. The first kappa shape index (κ1) is 14.7. The van der Waals surface area contributed by atoms with Crippen LogP contribution < -0.4 is 0 Å². The van der Waals surface area contributed by atoms with Crippen LogP contribution in [0.2, 0.25) is 0 Å². The molecule has 0 bridgehead atoms. The lowest BCUT2D eigenvalue weighted by molar-refractivity contribution is 0.0647. The number of furan rings is 1. The summed E-state index contributed by atoms with van der Waals surface area (Å²) in [6.07, 6.45) is 3.76. The van der Waals surface area contributed by atoms with Crippen LogP contribution in [0.4, 0.5) is 0 Å². The summed E-state index contributed by atoms with van der Waals surface area (Å²) in [5.74, 6) is 0.813. The first-order chi connectivity index (χ1) is 11.2. The molecule has 4 rings (SSSR count). The van der Waals surface area contributed by atoms with E-state index >= 15 is 0 Å². The fraction of sp³-hybridized carbons (Fsp3) is 0.294. The van der Waals surface area contributed by atoms with Gasteiger partial charge in [0.1, 0.15) is 16.5 Å². The molecule has 3 aromatic heterocycles. The minimum Gasteiger partial charge on any atom is -0.467 e. The average Bonchev–Trinajstić information content (AvgIpc) is 3.08. The van der Waals surface area contributed by atoms with E-state index in [9.17, 15) is 4.79 Å². The van der Waals surface area contributed by atoms with Gasteiger partial charge in [0.15, 0.2) is 0 Å². The lowest BCUT2D eigenvalue weighted by atomic mass is 10.2. The van der Waals surface area contributed by atoms with Crippen molar-refractivity contribution in [2.75, 3.05) is 0 Å². The third-order valence-corrected chi connectivity index (χ3v) is 5.61. The highest BCUT2D eigenvalue weighted by atomic mass is 32.1. The Morgan fingerprint density at radius 3 is 2.91 bits per heavy atom. The van der Waals surface area contributed by atoms with Crippen molar-refractivity contribution in [3.8, 4) is 10.6 Å². The maximum Gasteiger partial charge on any atom is 0.274 e. The quantitative estimate of drug-likeness (QED) is 0.666. The van der Waals surface area contributed by atoms with Gasteiger partial charge in [-0.3, -0.25) is 4.79 Å². The molecule has 1 atom stereocenters. The summed E-state index contributed by atoms with van der Waals surface area (Å²) >= 11 is 3.15. The van der Waals surface area contributed by atoms with Crippen LogP contribution in [0, 0.1) is 0 Å². The SMILES string of the molecule is C[C@@H](c1ccco1)N(C(=O)c1csc(-c2ccsc2)n1)C1CC1.